The molecule has 0 spiro atoms. The molecule has 1 fully saturated rings. The lowest BCUT2D eigenvalue weighted by molar-refractivity contribution is -0.141. The summed E-state index contributed by atoms with van der Waals surface area (Å²) in [5.74, 6) is 0.202. The van der Waals surface area contributed by atoms with E-state index in [1.54, 1.807) is 30.0 Å². The average molecular weight is 579 g/mol. The molecule has 1 heterocycles. The summed E-state index contributed by atoms with van der Waals surface area (Å²) in [6.07, 6.45) is 0.948. The molecule has 3 aromatic carbocycles. The van der Waals surface area contributed by atoms with E-state index < -0.39 is 12.0 Å². The second-order valence-corrected chi connectivity index (χ2v) is 9.81. The number of carbonyl (C=O) groups excluding carboxylic acids is 1. The normalized spacial score (nSPS) is 14.3. The molecule has 1 N–H and O–H groups in total. The lowest BCUT2D eigenvalue weighted by Crippen LogP contribution is -2.37. The molecule has 9 heteroatoms. The number of ether oxygens (including phenoxy) is 3. The van der Waals surface area contributed by atoms with E-state index in [1.807, 2.05) is 54.6 Å². The Balaban J connectivity index is 1.43. The molecule has 38 heavy (non-hydrogen) atoms. The Morgan fingerprint density at radius 1 is 1.00 bits per heavy atom. The highest BCUT2D eigenvalue weighted by molar-refractivity contribution is 9.10. The number of aliphatic hydroxyl groups is 1. The number of hydrogen-bond acceptors (Lipinski definition) is 6. The highest BCUT2D eigenvalue weighted by atomic mass is 79.9. The number of aliphatic hydroxyl groups excluding tert-OH is 1. The van der Waals surface area contributed by atoms with Crippen molar-refractivity contribution in [2.45, 2.75) is 39.1 Å². The Labute approximate surface area is 230 Å². The topological polar surface area (TPSA) is 96.4 Å². The van der Waals surface area contributed by atoms with Crippen molar-refractivity contribution in [1.82, 2.24) is 4.90 Å². The highest BCUT2D eigenvalue weighted by Crippen LogP contribution is 2.33. The second kappa shape index (κ2) is 13.0. The number of halogens is 1. The van der Waals surface area contributed by atoms with Crippen molar-refractivity contribution in [1.29, 1.82) is 5.39 Å². The summed E-state index contributed by atoms with van der Waals surface area (Å²) in [7, 11) is 0. The summed E-state index contributed by atoms with van der Waals surface area (Å²) < 4.78 is 18.0. The van der Waals surface area contributed by atoms with E-state index in [0.717, 1.165) is 29.7 Å². The van der Waals surface area contributed by atoms with Gasteiger partial charge in [-0.05, 0) is 61.2 Å². The van der Waals surface area contributed by atoms with E-state index in [9.17, 15) is 15.3 Å². The van der Waals surface area contributed by atoms with Crippen LogP contribution in [-0.4, -0.2) is 35.1 Å². The van der Waals surface area contributed by atoms with Crippen molar-refractivity contribution in [3.63, 3.8) is 0 Å². The highest BCUT2D eigenvalue weighted by Gasteiger charge is 2.32. The monoisotopic (exact) mass is 578 g/mol. The molecule has 0 saturated carbocycles. The summed E-state index contributed by atoms with van der Waals surface area (Å²) in [4.78, 5) is 17.5. The van der Waals surface area contributed by atoms with Gasteiger partial charge in [0.05, 0.1) is 0 Å². The molecule has 4 rings (SSSR count). The molecule has 0 radical (unpaired) electrons. The van der Waals surface area contributed by atoms with E-state index in [4.69, 9.17) is 14.2 Å². The van der Waals surface area contributed by atoms with Gasteiger partial charge in [-0.1, -0.05) is 58.4 Å². The zero-order chi connectivity index (χ0) is 26.9. The van der Waals surface area contributed by atoms with Gasteiger partial charge in [-0.3, -0.25) is 4.79 Å². The first-order chi connectivity index (χ1) is 18.4. The van der Waals surface area contributed by atoms with Gasteiger partial charge in [0.2, 0.25) is 5.39 Å². The molecule has 1 saturated heterocycles. The van der Waals surface area contributed by atoms with Crippen LogP contribution >= 0.6 is 15.9 Å². The van der Waals surface area contributed by atoms with Gasteiger partial charge in [0.25, 0.3) is 5.91 Å². The summed E-state index contributed by atoms with van der Waals surface area (Å²) in [5.41, 5.74) is 2.03. The van der Waals surface area contributed by atoms with Crippen LogP contribution in [0.25, 0.3) is 10.7 Å². The third kappa shape index (κ3) is 7.05. The van der Waals surface area contributed by atoms with Crippen LogP contribution in [-0.2, 0) is 22.7 Å². The second-order valence-electron chi connectivity index (χ2n) is 8.89. The maximum Gasteiger partial charge on any atom is 0.474 e. The molecule has 3 aromatic rings. The smallest absolute Gasteiger partial charge is 0.474 e. The number of amides is 1. The zero-order valence-corrected chi connectivity index (χ0v) is 22.6. The minimum Gasteiger partial charge on any atom is -0.489 e. The first-order valence-electron chi connectivity index (χ1n) is 12.4. The Kier molecular flexibility index (Phi) is 9.22. The Hall–Kier alpha value is -4.03. The number of diazo groups is 1. The van der Waals surface area contributed by atoms with Gasteiger partial charge in [-0.25, -0.2) is 0 Å². The number of hydrogen-bond donors (Lipinski definition) is 1. The van der Waals surface area contributed by atoms with Crippen LogP contribution in [0.15, 0.2) is 83.2 Å². The number of benzene rings is 3. The number of nitrogens with zero attached hydrogens (tertiary/aromatic N) is 3. The van der Waals surface area contributed by atoms with Crippen LogP contribution in [0.1, 0.15) is 36.5 Å². The molecule has 8 nitrogen and oxygen atoms in total. The predicted octanol–water partition coefficient (Wildman–Crippen LogP) is 6.67. The van der Waals surface area contributed by atoms with Crippen molar-refractivity contribution in [2.75, 3.05) is 13.1 Å². The molecule has 0 aliphatic carbocycles. The fourth-order valence-electron chi connectivity index (χ4n) is 4.08. The number of rotatable bonds is 10. The third-order valence-electron chi connectivity index (χ3n) is 6.12. The van der Waals surface area contributed by atoms with Crippen LogP contribution in [0.4, 0.5) is 0 Å². The fraction of sp³-hybridized carbons (Fsp3) is 0.276. The Bertz CT molecular complexity index is 1320. The largest absolute Gasteiger partial charge is 0.489 e. The van der Waals surface area contributed by atoms with Gasteiger partial charge < -0.3 is 24.2 Å². The Morgan fingerprint density at radius 2 is 1.66 bits per heavy atom. The van der Waals surface area contributed by atoms with E-state index in [0.29, 0.717) is 35.5 Å². The van der Waals surface area contributed by atoms with E-state index in [2.05, 4.69) is 20.9 Å². The van der Waals surface area contributed by atoms with Crippen LogP contribution in [0.2, 0.25) is 0 Å². The van der Waals surface area contributed by atoms with Gasteiger partial charge in [-0.2, -0.15) is 0 Å². The van der Waals surface area contributed by atoms with Gasteiger partial charge >= 0.3 is 11.6 Å². The molecule has 1 atom stereocenters. The van der Waals surface area contributed by atoms with E-state index in [1.165, 1.54) is 0 Å². The molecule has 0 bridgehead atoms. The van der Waals surface area contributed by atoms with Crippen molar-refractivity contribution in [2.24, 2.45) is 0 Å². The van der Waals surface area contributed by atoms with Gasteiger partial charge in [0, 0.05) is 17.6 Å². The molecule has 1 aliphatic heterocycles. The lowest BCUT2D eigenvalue weighted by Gasteiger charge is -2.20. The number of carbonyl (C=O) groups is 1. The van der Waals surface area contributed by atoms with Crippen LogP contribution in [0.3, 0.4) is 0 Å². The van der Waals surface area contributed by atoms with Crippen molar-refractivity contribution in [3.05, 3.63) is 105 Å². The summed E-state index contributed by atoms with van der Waals surface area (Å²) in [6, 6.07) is 22.6. The summed E-state index contributed by atoms with van der Waals surface area (Å²) >= 11 is 3.40. The molecule has 0 aromatic heterocycles. The fourth-order valence-corrected chi connectivity index (χ4v) is 4.44. The standard InChI is InChI=1S/C29H28BrN3O5/c1-20(28(34)33-15-5-6-16-33)38-29(35)27(32-31)25-17-23(30)11-14-26(25)37-19-22-9-12-24(13-10-22)36-18-21-7-3-2-4-8-21/h2-4,7-14,17,20H,5-6,15-16,18-19H2,1H3/p+1/b29-27-/t20-/m0/s1. The first kappa shape index (κ1) is 27.0. The van der Waals surface area contributed by atoms with Crippen LogP contribution in [0.5, 0.6) is 11.5 Å². The predicted molar refractivity (Wildman–Crippen MR) is 147 cm³/mol. The van der Waals surface area contributed by atoms with E-state index in [-0.39, 0.29) is 18.2 Å². The average Bonchev–Trinajstić information content (AvgIpc) is 3.48. The van der Waals surface area contributed by atoms with Gasteiger partial charge in [0.1, 0.15) is 30.3 Å². The first-order valence-corrected chi connectivity index (χ1v) is 13.2. The minimum absolute atomic E-state index is 0.220. The number of likely N-dealkylation sites (tertiary alicyclic amines) is 1. The van der Waals surface area contributed by atoms with E-state index >= 15 is 0 Å². The third-order valence-corrected chi connectivity index (χ3v) is 6.61. The quantitative estimate of drug-likeness (QED) is 0.213. The molecule has 196 valence electrons. The Morgan fingerprint density at radius 3 is 2.34 bits per heavy atom. The van der Waals surface area contributed by atoms with Crippen molar-refractivity contribution < 1.29 is 24.1 Å². The molecule has 1 amide bonds. The van der Waals surface area contributed by atoms with Crippen molar-refractivity contribution in [3.8, 4) is 11.5 Å². The summed E-state index contributed by atoms with van der Waals surface area (Å²) in [5, 5.41) is 20.4. The SMILES string of the molecule is C[C@H](O/C(O)=C(\[N+]#N)c1cc(Br)ccc1OCc1ccc(OCc2ccccc2)cc1)C(=O)N1CCCC1. The maximum absolute atomic E-state index is 12.6. The molecular formula is C29H29BrN3O5+. The lowest BCUT2D eigenvalue weighted by atomic mass is 10.1. The summed E-state index contributed by atoms with van der Waals surface area (Å²) in [6.45, 7) is 3.58. The molecule has 1 aliphatic rings. The van der Waals surface area contributed by atoms with Gasteiger partial charge in [-0.15, -0.1) is 0 Å². The van der Waals surface area contributed by atoms with Crippen LogP contribution in [0, 0.1) is 5.39 Å². The zero-order valence-electron chi connectivity index (χ0n) is 21.0. The molecule has 0 unspecified atom stereocenters. The van der Waals surface area contributed by atoms with Gasteiger partial charge in [0.15, 0.2) is 11.1 Å². The molecular weight excluding hydrogens is 550 g/mol. The van der Waals surface area contributed by atoms with Crippen LogP contribution < -0.4 is 9.47 Å². The minimum atomic E-state index is -0.941. The van der Waals surface area contributed by atoms with Crippen molar-refractivity contribution >= 4 is 27.5 Å². The maximum atomic E-state index is 12.6.